The van der Waals surface area contributed by atoms with Gasteiger partial charge in [-0.3, -0.25) is 14.9 Å². The fourth-order valence-corrected chi connectivity index (χ4v) is 3.13. The number of hydrogen-bond acceptors (Lipinski definition) is 9. The van der Waals surface area contributed by atoms with Gasteiger partial charge < -0.3 is 29.6 Å². The molecule has 10 nitrogen and oxygen atoms in total. The maximum absolute atomic E-state index is 12.5. The Bertz CT molecular complexity index is 1410. The molecule has 0 bridgehead atoms. The average Bonchev–Trinajstić information content (AvgIpc) is 2.75. The summed E-state index contributed by atoms with van der Waals surface area (Å²) in [6.45, 7) is 0.0275. The molecule has 1 heterocycles. The van der Waals surface area contributed by atoms with Crippen LogP contribution in [-0.2, 0) is 6.61 Å². The zero-order valence-corrected chi connectivity index (χ0v) is 16.2. The summed E-state index contributed by atoms with van der Waals surface area (Å²) in [5.74, 6) is -2.17. The number of fused-ring (bicyclic) bond motifs is 1. The number of non-ortho nitro benzene ring substituents is 1. The fraction of sp³-hybridized carbons (Fsp3) is 0.0455. The Balaban J connectivity index is 1.63. The maximum atomic E-state index is 12.5. The molecular formula is C22H15NO9. The first-order chi connectivity index (χ1) is 15.2. The zero-order chi connectivity index (χ0) is 23.0. The quantitative estimate of drug-likeness (QED) is 0.269. The van der Waals surface area contributed by atoms with Crippen molar-refractivity contribution in [3.05, 3.63) is 80.5 Å². The third-order valence-corrected chi connectivity index (χ3v) is 4.70. The molecule has 0 spiro atoms. The highest BCUT2D eigenvalue weighted by Gasteiger charge is 2.19. The van der Waals surface area contributed by atoms with Crippen LogP contribution in [-0.4, -0.2) is 25.3 Å². The van der Waals surface area contributed by atoms with Gasteiger partial charge >= 0.3 is 0 Å². The SMILES string of the molecule is O=c1c(O)c(-c2ccc(OCc3ccc([N+](=O)[O-])cc3)c(O)c2)oc2cc(O)cc(O)c12. The van der Waals surface area contributed by atoms with E-state index < -0.39 is 21.9 Å². The lowest BCUT2D eigenvalue weighted by Gasteiger charge is -2.11. The third-order valence-electron chi connectivity index (χ3n) is 4.70. The molecule has 32 heavy (non-hydrogen) atoms. The van der Waals surface area contributed by atoms with Crippen LogP contribution in [0.25, 0.3) is 22.3 Å². The van der Waals surface area contributed by atoms with Crippen molar-refractivity contribution in [2.24, 2.45) is 0 Å². The van der Waals surface area contributed by atoms with E-state index in [1.165, 1.54) is 42.5 Å². The van der Waals surface area contributed by atoms with Gasteiger partial charge in [-0.05, 0) is 35.9 Å². The minimum absolute atomic E-state index is 0.0275. The summed E-state index contributed by atoms with van der Waals surface area (Å²) in [6, 6.07) is 11.8. The van der Waals surface area contributed by atoms with Crippen molar-refractivity contribution in [2.75, 3.05) is 0 Å². The van der Waals surface area contributed by atoms with Crippen LogP contribution in [0.15, 0.2) is 63.8 Å². The summed E-state index contributed by atoms with van der Waals surface area (Å²) in [4.78, 5) is 22.6. The van der Waals surface area contributed by atoms with Crippen LogP contribution in [0.1, 0.15) is 5.56 Å². The molecule has 0 amide bonds. The van der Waals surface area contributed by atoms with Crippen LogP contribution in [0.3, 0.4) is 0 Å². The molecule has 162 valence electrons. The van der Waals surface area contributed by atoms with Crippen molar-refractivity contribution in [1.29, 1.82) is 0 Å². The van der Waals surface area contributed by atoms with Crippen LogP contribution >= 0.6 is 0 Å². The first-order valence-corrected chi connectivity index (χ1v) is 9.16. The molecule has 0 radical (unpaired) electrons. The zero-order valence-electron chi connectivity index (χ0n) is 16.2. The van der Waals surface area contributed by atoms with Crippen molar-refractivity contribution in [1.82, 2.24) is 0 Å². The Labute approximate surface area is 179 Å². The summed E-state index contributed by atoms with van der Waals surface area (Å²) in [5.41, 5.74) is -0.337. The molecule has 4 aromatic rings. The van der Waals surface area contributed by atoms with E-state index in [0.717, 1.165) is 12.1 Å². The first-order valence-electron chi connectivity index (χ1n) is 9.16. The second-order valence-electron chi connectivity index (χ2n) is 6.84. The predicted molar refractivity (Wildman–Crippen MR) is 112 cm³/mol. The van der Waals surface area contributed by atoms with Gasteiger partial charge in [0.2, 0.25) is 11.2 Å². The van der Waals surface area contributed by atoms with Crippen molar-refractivity contribution in [3.8, 4) is 40.1 Å². The van der Waals surface area contributed by atoms with E-state index in [4.69, 9.17) is 9.15 Å². The monoisotopic (exact) mass is 437 g/mol. The van der Waals surface area contributed by atoms with E-state index in [-0.39, 0.29) is 51.8 Å². The van der Waals surface area contributed by atoms with Crippen molar-refractivity contribution < 1.29 is 34.5 Å². The number of nitrogens with zero attached hydrogens (tertiary/aromatic N) is 1. The first kappa shape index (κ1) is 20.5. The van der Waals surface area contributed by atoms with Crippen LogP contribution in [0.2, 0.25) is 0 Å². The minimum atomic E-state index is -0.906. The van der Waals surface area contributed by atoms with Gasteiger partial charge in [-0.1, -0.05) is 0 Å². The van der Waals surface area contributed by atoms with E-state index in [1.807, 2.05) is 0 Å². The normalized spacial score (nSPS) is 10.9. The molecule has 4 N–H and O–H groups in total. The number of aromatic hydroxyl groups is 4. The van der Waals surface area contributed by atoms with Crippen LogP contribution in [0, 0.1) is 10.1 Å². The maximum Gasteiger partial charge on any atom is 0.269 e. The van der Waals surface area contributed by atoms with E-state index in [9.17, 15) is 35.3 Å². The number of nitro groups is 1. The lowest BCUT2D eigenvalue weighted by Crippen LogP contribution is -2.03. The van der Waals surface area contributed by atoms with Crippen molar-refractivity contribution in [2.45, 2.75) is 6.61 Å². The van der Waals surface area contributed by atoms with Crippen LogP contribution in [0.5, 0.6) is 28.7 Å². The molecule has 0 unspecified atom stereocenters. The van der Waals surface area contributed by atoms with E-state index >= 15 is 0 Å². The molecule has 0 aliphatic carbocycles. The summed E-state index contributed by atoms with van der Waals surface area (Å²) in [5, 5.41) is 50.5. The highest BCUT2D eigenvalue weighted by atomic mass is 16.6. The number of benzene rings is 3. The summed E-state index contributed by atoms with van der Waals surface area (Å²) < 4.78 is 11.0. The summed E-state index contributed by atoms with van der Waals surface area (Å²) in [7, 11) is 0. The number of phenolic OH excluding ortho intramolecular Hbond substituents is 3. The van der Waals surface area contributed by atoms with Gasteiger partial charge in [0.25, 0.3) is 5.69 Å². The van der Waals surface area contributed by atoms with Crippen molar-refractivity contribution in [3.63, 3.8) is 0 Å². The summed E-state index contributed by atoms with van der Waals surface area (Å²) >= 11 is 0. The molecule has 0 atom stereocenters. The lowest BCUT2D eigenvalue weighted by atomic mass is 10.1. The summed E-state index contributed by atoms with van der Waals surface area (Å²) in [6.07, 6.45) is 0. The standard InChI is InChI=1S/C22H15NO9/c24-14-8-16(26)19-18(9-14)32-22(21(28)20(19)27)12-3-6-17(15(25)7-12)31-10-11-1-4-13(5-2-11)23(29)30/h1-9,24-26,28H,10H2. The van der Waals surface area contributed by atoms with Gasteiger partial charge in [0.05, 0.1) is 4.92 Å². The molecule has 0 aliphatic rings. The van der Waals surface area contributed by atoms with Crippen LogP contribution < -0.4 is 10.2 Å². The fourth-order valence-electron chi connectivity index (χ4n) is 3.13. The smallest absolute Gasteiger partial charge is 0.269 e. The second kappa shape index (κ2) is 7.84. The number of phenols is 3. The molecule has 0 saturated carbocycles. The van der Waals surface area contributed by atoms with E-state index in [1.54, 1.807) is 0 Å². The Morgan fingerprint density at radius 2 is 1.66 bits per heavy atom. The number of nitro benzene ring substituents is 1. The lowest BCUT2D eigenvalue weighted by molar-refractivity contribution is -0.384. The molecule has 0 saturated heterocycles. The van der Waals surface area contributed by atoms with Gasteiger partial charge in [-0.15, -0.1) is 0 Å². The van der Waals surface area contributed by atoms with Gasteiger partial charge in [-0.2, -0.15) is 0 Å². The molecule has 0 fully saturated rings. The molecule has 1 aromatic heterocycles. The van der Waals surface area contributed by atoms with Gasteiger partial charge in [0.15, 0.2) is 17.3 Å². The molecule has 3 aromatic carbocycles. The van der Waals surface area contributed by atoms with Gasteiger partial charge in [-0.25, -0.2) is 0 Å². The third kappa shape index (κ3) is 3.72. The van der Waals surface area contributed by atoms with Crippen molar-refractivity contribution >= 4 is 16.7 Å². The Hall–Kier alpha value is -4.73. The van der Waals surface area contributed by atoms with E-state index in [0.29, 0.717) is 5.56 Å². The Kier molecular flexibility index (Phi) is 5.03. The molecule has 4 rings (SSSR count). The number of rotatable bonds is 5. The predicted octanol–water partition coefficient (Wildman–Crippen LogP) is 3.77. The molecule has 10 heteroatoms. The molecule has 0 aliphatic heterocycles. The van der Waals surface area contributed by atoms with Gasteiger partial charge in [0, 0.05) is 29.8 Å². The second-order valence-corrected chi connectivity index (χ2v) is 6.84. The average molecular weight is 437 g/mol. The van der Waals surface area contributed by atoms with E-state index in [2.05, 4.69) is 0 Å². The van der Waals surface area contributed by atoms with Crippen LogP contribution in [0.4, 0.5) is 5.69 Å². The largest absolute Gasteiger partial charge is 0.508 e. The highest BCUT2D eigenvalue weighted by Crippen LogP contribution is 2.38. The minimum Gasteiger partial charge on any atom is -0.508 e. The number of hydrogen-bond donors (Lipinski definition) is 4. The Morgan fingerprint density at radius 3 is 2.31 bits per heavy atom. The Morgan fingerprint density at radius 1 is 0.938 bits per heavy atom. The van der Waals surface area contributed by atoms with Gasteiger partial charge in [0.1, 0.15) is 29.1 Å². The molecular weight excluding hydrogens is 422 g/mol. The topological polar surface area (TPSA) is 164 Å². The highest BCUT2D eigenvalue weighted by molar-refractivity contribution is 5.88. The number of ether oxygens (including phenoxy) is 1.